The Kier molecular flexibility index (Phi) is 6.73. The number of para-hydroxylation sites is 4. The van der Waals surface area contributed by atoms with Crippen LogP contribution in [0.5, 0.6) is 5.75 Å². The Morgan fingerprint density at radius 2 is 0.667 bits per heavy atom. The Morgan fingerprint density at radius 1 is 0.333 bits per heavy atom. The van der Waals surface area contributed by atoms with Gasteiger partial charge in [-0.25, -0.2) is 0 Å². The van der Waals surface area contributed by atoms with Crippen molar-refractivity contribution in [3.63, 3.8) is 0 Å². The summed E-state index contributed by atoms with van der Waals surface area (Å²) < 4.78 is 8.21. The van der Waals surface area contributed by atoms with Crippen molar-refractivity contribution in [2.24, 2.45) is 0 Å². The summed E-state index contributed by atoms with van der Waals surface area (Å²) in [5.74, 6) is 0.864. The van der Waals surface area contributed by atoms with Crippen molar-refractivity contribution in [1.82, 2.24) is 4.57 Å². The molecule has 8 aromatic rings. The number of benzene rings is 7. The smallest absolute Gasteiger partial charge is 0.126 e. The molecule has 0 spiro atoms. The normalized spacial score (nSPS) is 11.2. The van der Waals surface area contributed by atoms with Crippen molar-refractivity contribution in [2.75, 3.05) is 7.11 Å². The molecule has 2 nitrogen and oxygen atoms in total. The highest BCUT2D eigenvalue weighted by Crippen LogP contribution is 2.44. The van der Waals surface area contributed by atoms with Crippen LogP contribution < -0.4 is 4.74 Å². The fourth-order valence-electron chi connectivity index (χ4n) is 6.80. The van der Waals surface area contributed by atoms with E-state index in [-0.39, 0.29) is 0 Å². The van der Waals surface area contributed by atoms with Gasteiger partial charge < -0.3 is 9.30 Å². The molecule has 0 saturated heterocycles. The average Bonchev–Trinajstić information content (AvgIpc) is 3.46. The van der Waals surface area contributed by atoms with E-state index in [9.17, 15) is 0 Å². The Morgan fingerprint density at radius 3 is 1.16 bits per heavy atom. The quantitative estimate of drug-likeness (QED) is 0.192. The molecule has 0 radical (unpaired) electrons. The van der Waals surface area contributed by atoms with Crippen LogP contribution >= 0.6 is 0 Å². The van der Waals surface area contributed by atoms with E-state index in [0.717, 1.165) is 22.6 Å². The zero-order valence-electron chi connectivity index (χ0n) is 25.0. The van der Waals surface area contributed by atoms with Gasteiger partial charge in [0.15, 0.2) is 0 Å². The number of rotatable bonds is 6. The number of hydrogen-bond acceptors (Lipinski definition) is 1. The lowest BCUT2D eigenvalue weighted by atomic mass is 9.86. The van der Waals surface area contributed by atoms with Gasteiger partial charge in [0, 0.05) is 21.9 Å². The monoisotopic (exact) mass is 577 g/mol. The second-order valence-electron chi connectivity index (χ2n) is 11.2. The SMILES string of the molecule is COc1ccccc1-c1ccccc1-c1ccccc1-c1ccccc1-c1ccccc1-n1c2ccccc2c2ccccc21. The molecule has 0 aliphatic heterocycles. The van der Waals surface area contributed by atoms with Crippen LogP contribution in [0.25, 0.3) is 72.0 Å². The predicted octanol–water partition coefficient (Wildman–Crippen LogP) is 11.5. The topological polar surface area (TPSA) is 14.2 Å². The standard InChI is InChI=1S/C43H31NO/c1-45-43-29-15-11-25-39(43)35-21-7-5-19-33(35)31-17-3-2-16-30(31)32-18-4-6-20-34(32)36-22-8-12-26-40(36)44-41-27-13-9-23-37(41)38-24-10-14-28-42(38)44/h2-29H,1H3. The predicted molar refractivity (Wildman–Crippen MR) is 189 cm³/mol. The maximum atomic E-state index is 5.79. The molecule has 2 heteroatoms. The molecule has 0 bridgehead atoms. The summed E-state index contributed by atoms with van der Waals surface area (Å²) in [5, 5.41) is 2.52. The maximum absolute atomic E-state index is 5.79. The molecule has 0 saturated carbocycles. The molecule has 0 N–H and O–H groups in total. The van der Waals surface area contributed by atoms with Crippen LogP contribution in [0.4, 0.5) is 0 Å². The van der Waals surface area contributed by atoms with Crippen LogP contribution in [0.15, 0.2) is 170 Å². The third-order valence-electron chi connectivity index (χ3n) is 8.77. The second kappa shape index (κ2) is 11.3. The number of nitrogens with zero attached hydrogens (tertiary/aromatic N) is 1. The minimum atomic E-state index is 0.864. The highest BCUT2D eigenvalue weighted by Gasteiger charge is 2.19. The first-order chi connectivity index (χ1) is 22.3. The largest absolute Gasteiger partial charge is 0.496 e. The third kappa shape index (κ3) is 4.51. The summed E-state index contributed by atoms with van der Waals surface area (Å²) in [5.41, 5.74) is 12.9. The van der Waals surface area contributed by atoms with Gasteiger partial charge in [-0.2, -0.15) is 0 Å². The number of fused-ring (bicyclic) bond motifs is 3. The highest BCUT2D eigenvalue weighted by atomic mass is 16.5. The molecule has 1 heterocycles. The van der Waals surface area contributed by atoms with Crippen LogP contribution in [0.2, 0.25) is 0 Å². The molecule has 8 rings (SSSR count). The summed E-state index contributed by atoms with van der Waals surface area (Å²) in [6.07, 6.45) is 0. The molecule has 1 aromatic heterocycles. The molecular weight excluding hydrogens is 546 g/mol. The molecule has 0 amide bonds. The fourth-order valence-corrected chi connectivity index (χ4v) is 6.80. The summed E-state index contributed by atoms with van der Waals surface area (Å²) in [6.45, 7) is 0. The van der Waals surface area contributed by atoms with Gasteiger partial charge in [-0.05, 0) is 57.6 Å². The van der Waals surface area contributed by atoms with Crippen molar-refractivity contribution in [1.29, 1.82) is 0 Å². The van der Waals surface area contributed by atoms with E-state index in [2.05, 4.69) is 162 Å². The minimum absolute atomic E-state index is 0.864. The summed E-state index contributed by atoms with van der Waals surface area (Å²) in [7, 11) is 1.74. The molecule has 0 aliphatic carbocycles. The van der Waals surface area contributed by atoms with E-state index >= 15 is 0 Å². The van der Waals surface area contributed by atoms with Crippen LogP contribution in [0.3, 0.4) is 0 Å². The molecule has 45 heavy (non-hydrogen) atoms. The third-order valence-corrected chi connectivity index (χ3v) is 8.77. The molecule has 0 fully saturated rings. The van der Waals surface area contributed by atoms with Gasteiger partial charge in [0.2, 0.25) is 0 Å². The van der Waals surface area contributed by atoms with E-state index < -0.39 is 0 Å². The summed E-state index contributed by atoms with van der Waals surface area (Å²) in [4.78, 5) is 0. The molecule has 0 atom stereocenters. The molecule has 7 aromatic carbocycles. The van der Waals surface area contributed by atoms with E-state index in [1.165, 1.54) is 55.2 Å². The Bertz CT molecular complexity index is 2270. The van der Waals surface area contributed by atoms with Gasteiger partial charge in [0.1, 0.15) is 5.75 Å². The van der Waals surface area contributed by atoms with Crippen molar-refractivity contribution in [3.05, 3.63) is 170 Å². The Balaban J connectivity index is 1.36. The van der Waals surface area contributed by atoms with Gasteiger partial charge in [-0.3, -0.25) is 0 Å². The van der Waals surface area contributed by atoms with Crippen molar-refractivity contribution >= 4 is 21.8 Å². The maximum Gasteiger partial charge on any atom is 0.126 e. The van der Waals surface area contributed by atoms with Gasteiger partial charge >= 0.3 is 0 Å². The highest BCUT2D eigenvalue weighted by molar-refractivity contribution is 6.10. The number of ether oxygens (including phenoxy) is 1. The van der Waals surface area contributed by atoms with Crippen LogP contribution in [0.1, 0.15) is 0 Å². The molecule has 214 valence electrons. The average molecular weight is 578 g/mol. The summed E-state index contributed by atoms with van der Waals surface area (Å²) >= 11 is 0. The van der Waals surface area contributed by atoms with E-state index in [1.807, 2.05) is 12.1 Å². The van der Waals surface area contributed by atoms with Crippen LogP contribution in [0, 0.1) is 0 Å². The van der Waals surface area contributed by atoms with Crippen molar-refractivity contribution in [3.8, 4) is 55.9 Å². The minimum Gasteiger partial charge on any atom is -0.496 e. The first kappa shape index (κ1) is 26.7. The number of aromatic nitrogens is 1. The lowest BCUT2D eigenvalue weighted by Crippen LogP contribution is -1.98. The number of methoxy groups -OCH3 is 1. The summed E-state index contributed by atoms with van der Waals surface area (Å²) in [6, 6.07) is 60.6. The van der Waals surface area contributed by atoms with Gasteiger partial charge in [-0.1, -0.05) is 146 Å². The Labute approximate surface area is 263 Å². The fraction of sp³-hybridized carbons (Fsp3) is 0.0233. The first-order valence-electron chi connectivity index (χ1n) is 15.3. The van der Waals surface area contributed by atoms with E-state index in [4.69, 9.17) is 4.74 Å². The van der Waals surface area contributed by atoms with Crippen LogP contribution in [-0.4, -0.2) is 11.7 Å². The van der Waals surface area contributed by atoms with E-state index in [0.29, 0.717) is 0 Å². The Hall–Kier alpha value is -5.86. The zero-order chi connectivity index (χ0) is 30.2. The molecule has 0 aliphatic rings. The first-order valence-corrected chi connectivity index (χ1v) is 15.3. The lowest BCUT2D eigenvalue weighted by molar-refractivity contribution is 0.416. The number of hydrogen-bond donors (Lipinski definition) is 0. The molecule has 0 unspecified atom stereocenters. The van der Waals surface area contributed by atoms with Crippen molar-refractivity contribution < 1.29 is 4.74 Å². The van der Waals surface area contributed by atoms with E-state index in [1.54, 1.807) is 7.11 Å². The molecular formula is C43H31NO. The van der Waals surface area contributed by atoms with Gasteiger partial charge in [0.05, 0.1) is 23.8 Å². The zero-order valence-corrected chi connectivity index (χ0v) is 25.0. The van der Waals surface area contributed by atoms with Gasteiger partial charge in [-0.15, -0.1) is 0 Å². The second-order valence-corrected chi connectivity index (χ2v) is 11.2. The van der Waals surface area contributed by atoms with Crippen molar-refractivity contribution in [2.45, 2.75) is 0 Å². The van der Waals surface area contributed by atoms with Gasteiger partial charge in [0.25, 0.3) is 0 Å². The lowest BCUT2D eigenvalue weighted by Gasteiger charge is -2.20. The van der Waals surface area contributed by atoms with Crippen LogP contribution in [-0.2, 0) is 0 Å².